The minimum absolute atomic E-state index is 0.228. The van der Waals surface area contributed by atoms with Crippen molar-refractivity contribution in [2.75, 3.05) is 40.3 Å². The van der Waals surface area contributed by atoms with Crippen LogP contribution in [0.4, 0.5) is 0 Å². The highest BCUT2D eigenvalue weighted by molar-refractivity contribution is 9.10. The molecule has 2 atom stereocenters. The third kappa shape index (κ3) is 3.95. The number of benzene rings is 1. The van der Waals surface area contributed by atoms with Gasteiger partial charge in [-0.2, -0.15) is 0 Å². The molecule has 3 nitrogen and oxygen atoms in total. The van der Waals surface area contributed by atoms with E-state index in [0.717, 1.165) is 22.0 Å². The zero-order valence-corrected chi connectivity index (χ0v) is 14.5. The Labute approximate surface area is 135 Å². The van der Waals surface area contributed by atoms with E-state index < -0.39 is 0 Å². The highest BCUT2D eigenvalue weighted by Crippen LogP contribution is 2.28. The number of rotatable bonds is 5. The topological polar surface area (TPSA) is 32.5 Å². The number of likely N-dealkylation sites (N-methyl/N-ethyl adjacent to an activating group) is 1. The maximum Gasteiger partial charge on any atom is 0.0551 e. The lowest BCUT2D eigenvalue weighted by molar-refractivity contribution is 0.211. The molecule has 0 saturated carbocycles. The van der Waals surface area contributed by atoms with Crippen LogP contribution in [0.5, 0.6) is 0 Å². The Kier molecular flexibility index (Phi) is 5.87. The van der Waals surface area contributed by atoms with Gasteiger partial charge in [0.2, 0.25) is 0 Å². The van der Waals surface area contributed by atoms with Gasteiger partial charge < -0.3 is 10.6 Å². The van der Waals surface area contributed by atoms with Crippen LogP contribution in [0.25, 0.3) is 0 Å². The summed E-state index contributed by atoms with van der Waals surface area (Å²) in [5, 5.41) is 0.745. The number of nitrogens with two attached hydrogens (primary N) is 1. The molecule has 1 aromatic rings. The largest absolute Gasteiger partial charge is 0.329 e. The van der Waals surface area contributed by atoms with Crippen LogP contribution in [0.15, 0.2) is 22.7 Å². The zero-order valence-electron chi connectivity index (χ0n) is 12.1. The molecule has 0 amide bonds. The van der Waals surface area contributed by atoms with E-state index in [1.807, 2.05) is 12.1 Å². The number of halogens is 2. The van der Waals surface area contributed by atoms with Crippen LogP contribution in [0, 0.1) is 5.92 Å². The molecule has 20 heavy (non-hydrogen) atoms. The van der Waals surface area contributed by atoms with Gasteiger partial charge in [-0.15, -0.1) is 0 Å². The van der Waals surface area contributed by atoms with Crippen LogP contribution >= 0.6 is 27.5 Å². The van der Waals surface area contributed by atoms with Gasteiger partial charge in [0.1, 0.15) is 0 Å². The smallest absolute Gasteiger partial charge is 0.0551 e. The van der Waals surface area contributed by atoms with E-state index in [1.165, 1.54) is 25.1 Å². The third-order valence-electron chi connectivity index (χ3n) is 4.12. The molecule has 1 aromatic carbocycles. The van der Waals surface area contributed by atoms with Crippen LogP contribution in [-0.2, 0) is 0 Å². The number of hydrogen-bond acceptors (Lipinski definition) is 3. The van der Waals surface area contributed by atoms with Crippen molar-refractivity contribution in [2.24, 2.45) is 11.7 Å². The standard InChI is InChI=1S/C15H23BrClN3/c1-19-6-5-11(9-19)10-20(2)15(8-18)12-3-4-13(16)14(17)7-12/h3-4,7,11,15H,5-6,8-10,18H2,1-2H3. The molecule has 5 heteroatoms. The van der Waals surface area contributed by atoms with Gasteiger partial charge >= 0.3 is 0 Å². The number of likely N-dealkylation sites (tertiary alicyclic amines) is 1. The van der Waals surface area contributed by atoms with E-state index in [0.29, 0.717) is 6.54 Å². The monoisotopic (exact) mass is 359 g/mol. The Morgan fingerprint density at radius 1 is 1.55 bits per heavy atom. The van der Waals surface area contributed by atoms with Crippen molar-refractivity contribution in [3.8, 4) is 0 Å². The highest BCUT2D eigenvalue weighted by atomic mass is 79.9. The molecule has 1 heterocycles. The van der Waals surface area contributed by atoms with E-state index in [1.54, 1.807) is 0 Å². The molecule has 1 fully saturated rings. The highest BCUT2D eigenvalue weighted by Gasteiger charge is 2.24. The molecule has 2 rings (SSSR count). The summed E-state index contributed by atoms with van der Waals surface area (Å²) < 4.78 is 0.929. The molecular formula is C15H23BrClN3. The van der Waals surface area contributed by atoms with Crippen LogP contribution in [0.2, 0.25) is 5.02 Å². The predicted octanol–water partition coefficient (Wildman–Crippen LogP) is 2.99. The SMILES string of the molecule is CN1CCC(CN(C)C(CN)c2ccc(Br)c(Cl)c2)C1. The Balaban J connectivity index is 2.04. The summed E-state index contributed by atoms with van der Waals surface area (Å²) >= 11 is 9.63. The van der Waals surface area contributed by atoms with Crippen LogP contribution in [-0.4, -0.2) is 50.1 Å². The van der Waals surface area contributed by atoms with Crippen LogP contribution in [0.3, 0.4) is 0 Å². The second-order valence-electron chi connectivity index (χ2n) is 5.78. The van der Waals surface area contributed by atoms with Crippen molar-refractivity contribution in [3.05, 3.63) is 33.3 Å². The summed E-state index contributed by atoms with van der Waals surface area (Å²) in [6.07, 6.45) is 1.28. The first-order valence-electron chi connectivity index (χ1n) is 7.05. The maximum absolute atomic E-state index is 6.20. The molecule has 2 unspecified atom stereocenters. The predicted molar refractivity (Wildman–Crippen MR) is 89.2 cm³/mol. The Hall–Kier alpha value is -0.130. The first kappa shape index (κ1) is 16.2. The lowest BCUT2D eigenvalue weighted by Gasteiger charge is -2.30. The van der Waals surface area contributed by atoms with Crippen molar-refractivity contribution in [2.45, 2.75) is 12.5 Å². The molecule has 0 aromatic heterocycles. The van der Waals surface area contributed by atoms with E-state index in [4.69, 9.17) is 17.3 Å². The van der Waals surface area contributed by atoms with Crippen LogP contribution in [0.1, 0.15) is 18.0 Å². The van der Waals surface area contributed by atoms with Gasteiger partial charge in [-0.25, -0.2) is 0 Å². The van der Waals surface area contributed by atoms with E-state index in [9.17, 15) is 0 Å². The maximum atomic E-state index is 6.20. The molecule has 0 radical (unpaired) electrons. The molecule has 1 aliphatic rings. The van der Waals surface area contributed by atoms with Crippen LogP contribution < -0.4 is 5.73 Å². The van der Waals surface area contributed by atoms with Gasteiger partial charge in [0.05, 0.1) is 5.02 Å². The van der Waals surface area contributed by atoms with Crippen molar-refractivity contribution in [1.29, 1.82) is 0 Å². The first-order chi connectivity index (χ1) is 9.51. The second-order valence-corrected chi connectivity index (χ2v) is 7.04. The fourth-order valence-corrected chi connectivity index (χ4v) is 3.44. The minimum Gasteiger partial charge on any atom is -0.329 e. The van der Waals surface area contributed by atoms with E-state index >= 15 is 0 Å². The van der Waals surface area contributed by atoms with Gasteiger partial charge in [-0.05, 0) is 66.6 Å². The Morgan fingerprint density at radius 2 is 2.30 bits per heavy atom. The summed E-state index contributed by atoms with van der Waals surface area (Å²) in [6.45, 7) is 4.08. The van der Waals surface area contributed by atoms with Gasteiger partial charge in [-0.3, -0.25) is 4.90 Å². The summed E-state index contributed by atoms with van der Waals surface area (Å²) in [5.41, 5.74) is 7.18. The molecule has 0 bridgehead atoms. The summed E-state index contributed by atoms with van der Waals surface area (Å²) in [7, 11) is 4.35. The summed E-state index contributed by atoms with van der Waals surface area (Å²) in [6, 6.07) is 6.34. The molecule has 1 saturated heterocycles. The lowest BCUT2D eigenvalue weighted by Crippen LogP contribution is -2.35. The van der Waals surface area contributed by atoms with Crippen molar-refractivity contribution >= 4 is 27.5 Å². The fraction of sp³-hybridized carbons (Fsp3) is 0.600. The normalized spacial score (nSPS) is 21.6. The summed E-state index contributed by atoms with van der Waals surface area (Å²) in [4.78, 5) is 4.76. The van der Waals surface area contributed by atoms with E-state index in [-0.39, 0.29) is 6.04 Å². The number of hydrogen-bond donors (Lipinski definition) is 1. The van der Waals surface area contributed by atoms with E-state index in [2.05, 4.69) is 45.9 Å². The molecular weight excluding hydrogens is 338 g/mol. The number of nitrogens with zero attached hydrogens (tertiary/aromatic N) is 2. The average molecular weight is 361 g/mol. The second kappa shape index (κ2) is 7.23. The molecule has 1 aliphatic heterocycles. The quantitative estimate of drug-likeness (QED) is 0.876. The summed E-state index contributed by atoms with van der Waals surface area (Å²) in [5.74, 6) is 0.741. The van der Waals surface area contributed by atoms with Crippen molar-refractivity contribution in [1.82, 2.24) is 9.80 Å². The average Bonchev–Trinajstić information content (AvgIpc) is 2.80. The van der Waals surface area contributed by atoms with Crippen molar-refractivity contribution in [3.63, 3.8) is 0 Å². The third-order valence-corrected chi connectivity index (χ3v) is 5.35. The van der Waals surface area contributed by atoms with Gasteiger partial charge in [0, 0.05) is 30.1 Å². The minimum atomic E-state index is 0.228. The van der Waals surface area contributed by atoms with Crippen molar-refractivity contribution < 1.29 is 0 Å². The fourth-order valence-electron chi connectivity index (χ4n) is 3.00. The zero-order chi connectivity index (χ0) is 14.7. The Morgan fingerprint density at radius 3 is 2.85 bits per heavy atom. The first-order valence-corrected chi connectivity index (χ1v) is 8.22. The molecule has 112 valence electrons. The molecule has 0 spiro atoms. The van der Waals surface area contributed by atoms with Gasteiger partial charge in [-0.1, -0.05) is 17.7 Å². The van der Waals surface area contributed by atoms with Gasteiger partial charge in [0.15, 0.2) is 0 Å². The molecule has 2 N–H and O–H groups in total. The van der Waals surface area contributed by atoms with Gasteiger partial charge in [0.25, 0.3) is 0 Å². The lowest BCUT2D eigenvalue weighted by atomic mass is 10.0. The molecule has 0 aliphatic carbocycles. The Bertz CT molecular complexity index is 455.